The molecule has 1 unspecified atom stereocenters. The lowest BCUT2D eigenvalue weighted by molar-refractivity contribution is -0.121. The Bertz CT molecular complexity index is 898. The first-order valence-corrected chi connectivity index (χ1v) is 12.1. The number of benzene rings is 2. The molecular formula is C26H35Cl2N3O. The van der Waals surface area contributed by atoms with Crippen molar-refractivity contribution in [2.45, 2.75) is 50.9 Å². The van der Waals surface area contributed by atoms with E-state index >= 15 is 0 Å². The van der Waals surface area contributed by atoms with Gasteiger partial charge in [-0.25, -0.2) is 0 Å². The fraction of sp³-hybridized carbons (Fsp3) is 0.500. The van der Waals surface area contributed by atoms with Crippen molar-refractivity contribution >= 4 is 41.3 Å². The van der Waals surface area contributed by atoms with Crippen molar-refractivity contribution in [1.29, 1.82) is 0 Å². The van der Waals surface area contributed by atoms with Crippen LogP contribution >= 0.6 is 24.0 Å². The Morgan fingerprint density at radius 3 is 2.47 bits per heavy atom. The predicted molar refractivity (Wildman–Crippen MR) is 137 cm³/mol. The molecule has 2 aliphatic heterocycles. The third-order valence-electron chi connectivity index (χ3n) is 7.10. The van der Waals surface area contributed by atoms with E-state index in [1.54, 1.807) is 0 Å². The highest BCUT2D eigenvalue weighted by Gasteiger charge is 2.44. The zero-order chi connectivity index (χ0) is 21.7. The highest BCUT2D eigenvalue weighted by molar-refractivity contribution is 6.30. The lowest BCUT2D eigenvalue weighted by Gasteiger charge is -2.36. The van der Waals surface area contributed by atoms with E-state index in [0.717, 1.165) is 56.2 Å². The van der Waals surface area contributed by atoms with Gasteiger partial charge in [0.25, 0.3) is 0 Å². The Morgan fingerprint density at radius 2 is 1.72 bits per heavy atom. The number of para-hydroxylation sites is 1. The Labute approximate surface area is 203 Å². The van der Waals surface area contributed by atoms with Crippen LogP contribution < -0.4 is 10.2 Å². The molecule has 2 heterocycles. The maximum absolute atomic E-state index is 12.7. The van der Waals surface area contributed by atoms with Gasteiger partial charge in [0, 0.05) is 42.6 Å². The Balaban J connectivity index is 0.00000289. The van der Waals surface area contributed by atoms with Gasteiger partial charge in [0.1, 0.15) is 0 Å². The van der Waals surface area contributed by atoms with Crippen molar-refractivity contribution < 1.29 is 4.79 Å². The largest absolute Gasteiger partial charge is 0.369 e. The van der Waals surface area contributed by atoms with Crippen LogP contribution in [0.3, 0.4) is 0 Å². The third kappa shape index (κ3) is 5.41. The second-order valence-corrected chi connectivity index (χ2v) is 9.34. The van der Waals surface area contributed by atoms with Crippen molar-refractivity contribution in [1.82, 2.24) is 4.90 Å². The summed E-state index contributed by atoms with van der Waals surface area (Å²) in [6, 6.07) is 16.4. The van der Waals surface area contributed by atoms with Gasteiger partial charge in [-0.05, 0) is 55.6 Å². The highest BCUT2D eigenvalue weighted by Crippen LogP contribution is 2.43. The van der Waals surface area contributed by atoms with Gasteiger partial charge in [0.2, 0.25) is 5.91 Å². The number of anilines is 2. The maximum atomic E-state index is 12.7. The zero-order valence-corrected chi connectivity index (χ0v) is 20.6. The van der Waals surface area contributed by atoms with Gasteiger partial charge < -0.3 is 10.2 Å². The molecule has 0 saturated carbocycles. The van der Waals surface area contributed by atoms with Crippen LogP contribution in [0.1, 0.15) is 51.0 Å². The van der Waals surface area contributed by atoms with Crippen LogP contribution in [0.2, 0.25) is 5.02 Å². The number of unbranched alkanes of at least 4 members (excludes halogenated alkanes) is 3. The Morgan fingerprint density at radius 1 is 0.969 bits per heavy atom. The van der Waals surface area contributed by atoms with E-state index in [0.29, 0.717) is 0 Å². The molecule has 6 heteroatoms. The molecule has 1 saturated heterocycles. The molecule has 1 amide bonds. The number of carbonyl (C=O) groups excluding carboxylic acids is 1. The molecule has 2 aromatic rings. The average Bonchev–Trinajstić information content (AvgIpc) is 3.08. The topological polar surface area (TPSA) is 35.6 Å². The van der Waals surface area contributed by atoms with E-state index in [4.69, 9.17) is 11.6 Å². The van der Waals surface area contributed by atoms with Gasteiger partial charge in [-0.15, -0.1) is 12.4 Å². The van der Waals surface area contributed by atoms with Crippen molar-refractivity contribution in [3.05, 3.63) is 59.1 Å². The second-order valence-electron chi connectivity index (χ2n) is 8.91. The number of piperazine rings is 1. The minimum atomic E-state index is -0.326. The van der Waals surface area contributed by atoms with Gasteiger partial charge in [0.15, 0.2) is 0 Å². The number of nitrogens with one attached hydrogen (secondary N) is 1. The summed E-state index contributed by atoms with van der Waals surface area (Å²) >= 11 is 6.14. The minimum Gasteiger partial charge on any atom is -0.369 e. The van der Waals surface area contributed by atoms with Gasteiger partial charge in [-0.2, -0.15) is 0 Å². The number of carbonyl (C=O) groups is 1. The van der Waals surface area contributed by atoms with Gasteiger partial charge in [-0.1, -0.05) is 62.1 Å². The summed E-state index contributed by atoms with van der Waals surface area (Å²) in [4.78, 5) is 17.7. The van der Waals surface area contributed by atoms with E-state index < -0.39 is 0 Å². The summed E-state index contributed by atoms with van der Waals surface area (Å²) < 4.78 is 0. The summed E-state index contributed by atoms with van der Waals surface area (Å²) in [5, 5.41) is 3.90. The first-order valence-electron chi connectivity index (χ1n) is 11.8. The number of hydrogen-bond acceptors (Lipinski definition) is 3. The molecule has 2 aliphatic rings. The normalized spacial score (nSPS) is 20.6. The average molecular weight is 476 g/mol. The van der Waals surface area contributed by atoms with Crippen LogP contribution in [-0.2, 0) is 10.2 Å². The van der Waals surface area contributed by atoms with Crippen molar-refractivity contribution in [3.8, 4) is 0 Å². The molecular weight excluding hydrogens is 441 g/mol. The first kappa shape index (κ1) is 24.9. The van der Waals surface area contributed by atoms with E-state index in [2.05, 4.69) is 46.3 Å². The van der Waals surface area contributed by atoms with Crippen LogP contribution in [0.15, 0.2) is 48.5 Å². The monoisotopic (exact) mass is 475 g/mol. The number of hydrogen-bond donors (Lipinski definition) is 1. The van der Waals surface area contributed by atoms with E-state index in [9.17, 15) is 4.79 Å². The van der Waals surface area contributed by atoms with E-state index in [-0.39, 0.29) is 23.7 Å². The summed E-state index contributed by atoms with van der Waals surface area (Å²) in [5.74, 6) is 0.189. The standard InChI is InChI=1S/C26H34ClN3O.ClH/c1-2-26(23-12-5-6-13-24(23)28-25(26)31)14-7-3-4-8-15-29-16-18-30(19-17-29)22-11-9-10-21(27)20-22;/h5-6,9-13,20H,2-4,7-8,14-19H2,1H3,(H,28,31);1H. The number of halogens is 2. The Hall–Kier alpha value is -1.75. The van der Waals surface area contributed by atoms with Gasteiger partial charge >= 0.3 is 0 Å². The lowest BCUT2D eigenvalue weighted by atomic mass is 9.75. The summed E-state index contributed by atoms with van der Waals surface area (Å²) in [6.07, 6.45) is 6.59. The van der Waals surface area contributed by atoms with Crippen molar-refractivity contribution in [2.24, 2.45) is 0 Å². The molecule has 1 atom stereocenters. The fourth-order valence-electron chi connectivity index (χ4n) is 5.17. The van der Waals surface area contributed by atoms with Crippen molar-refractivity contribution in [2.75, 3.05) is 42.9 Å². The van der Waals surface area contributed by atoms with Crippen LogP contribution in [0.25, 0.3) is 0 Å². The lowest BCUT2D eigenvalue weighted by Crippen LogP contribution is -2.46. The molecule has 0 aromatic heterocycles. The van der Waals surface area contributed by atoms with Crippen LogP contribution in [0, 0.1) is 0 Å². The molecule has 4 nitrogen and oxygen atoms in total. The first-order chi connectivity index (χ1) is 15.1. The molecule has 4 rings (SSSR count). The quantitative estimate of drug-likeness (QED) is 0.442. The number of amides is 1. The highest BCUT2D eigenvalue weighted by atomic mass is 35.5. The summed E-state index contributed by atoms with van der Waals surface area (Å²) in [7, 11) is 0. The minimum absolute atomic E-state index is 0. The molecule has 1 N–H and O–H groups in total. The van der Waals surface area contributed by atoms with Crippen LogP contribution in [0.4, 0.5) is 11.4 Å². The number of fused-ring (bicyclic) bond motifs is 1. The van der Waals surface area contributed by atoms with Crippen LogP contribution in [0.5, 0.6) is 0 Å². The zero-order valence-electron chi connectivity index (χ0n) is 19.0. The molecule has 0 spiro atoms. The molecule has 0 radical (unpaired) electrons. The Kier molecular flexibility index (Phi) is 8.87. The predicted octanol–water partition coefficient (Wildman–Crippen LogP) is 6.13. The molecule has 174 valence electrons. The molecule has 2 aromatic carbocycles. The number of nitrogens with zero attached hydrogens (tertiary/aromatic N) is 2. The third-order valence-corrected chi connectivity index (χ3v) is 7.34. The van der Waals surface area contributed by atoms with Gasteiger partial charge in [-0.3, -0.25) is 9.69 Å². The smallest absolute Gasteiger partial charge is 0.235 e. The molecule has 1 fully saturated rings. The maximum Gasteiger partial charge on any atom is 0.235 e. The van der Waals surface area contributed by atoms with Crippen LogP contribution in [-0.4, -0.2) is 43.5 Å². The fourth-order valence-corrected chi connectivity index (χ4v) is 5.35. The van der Waals surface area contributed by atoms with E-state index in [1.807, 2.05) is 24.3 Å². The van der Waals surface area contributed by atoms with E-state index in [1.165, 1.54) is 37.1 Å². The second kappa shape index (κ2) is 11.4. The molecule has 32 heavy (non-hydrogen) atoms. The van der Waals surface area contributed by atoms with Gasteiger partial charge in [0.05, 0.1) is 5.41 Å². The SMILES string of the molecule is CCC1(CCCCCCN2CCN(c3cccc(Cl)c3)CC2)C(=O)Nc2ccccc21.Cl. The van der Waals surface area contributed by atoms with Crippen molar-refractivity contribution in [3.63, 3.8) is 0 Å². The summed E-state index contributed by atoms with van der Waals surface area (Å²) in [6.45, 7) is 7.67. The molecule has 0 aliphatic carbocycles. The summed E-state index contributed by atoms with van der Waals surface area (Å²) in [5.41, 5.74) is 3.11. The number of rotatable bonds is 9. The molecule has 0 bridgehead atoms.